The number of aliphatic hydroxyl groups excluding tert-OH is 1. The van der Waals surface area contributed by atoms with Crippen molar-refractivity contribution < 1.29 is 10.0 Å². The Morgan fingerprint density at radius 2 is 2.39 bits per heavy atom. The van der Waals surface area contributed by atoms with Crippen LogP contribution < -0.4 is 4.90 Å². The molecule has 0 aliphatic carbocycles. The summed E-state index contributed by atoms with van der Waals surface area (Å²) >= 11 is 0. The van der Waals surface area contributed by atoms with E-state index >= 15 is 0 Å². The molecule has 1 aromatic rings. The van der Waals surface area contributed by atoms with E-state index in [1.165, 1.54) is 12.1 Å². The van der Waals surface area contributed by atoms with Crippen LogP contribution in [0.5, 0.6) is 0 Å². The van der Waals surface area contributed by atoms with Crippen molar-refractivity contribution in [3.8, 4) is 6.07 Å². The van der Waals surface area contributed by atoms with Crippen molar-refractivity contribution in [2.45, 2.75) is 6.42 Å². The Morgan fingerprint density at radius 1 is 1.61 bits per heavy atom. The third-order valence-electron chi connectivity index (χ3n) is 3.21. The quantitative estimate of drug-likeness (QED) is 0.642. The summed E-state index contributed by atoms with van der Waals surface area (Å²) < 4.78 is 0. The predicted octanol–water partition coefficient (Wildman–Crippen LogP) is 1.29. The molecule has 18 heavy (non-hydrogen) atoms. The van der Waals surface area contributed by atoms with Crippen LogP contribution in [-0.4, -0.2) is 29.7 Å². The van der Waals surface area contributed by atoms with Crippen molar-refractivity contribution in [2.24, 2.45) is 5.92 Å². The maximum atomic E-state index is 10.7. The Kier molecular flexibility index (Phi) is 3.44. The highest BCUT2D eigenvalue weighted by Crippen LogP contribution is 2.28. The zero-order valence-electron chi connectivity index (χ0n) is 9.74. The molecule has 1 aliphatic rings. The lowest BCUT2D eigenvalue weighted by molar-refractivity contribution is -0.385. The SMILES string of the molecule is N#Cc1cc(N2CCC(CO)C2)ccc1[N+](=O)[O-]. The Balaban J connectivity index is 2.26. The van der Waals surface area contributed by atoms with Gasteiger partial charge in [0.1, 0.15) is 11.6 Å². The van der Waals surface area contributed by atoms with Crippen LogP contribution in [0.15, 0.2) is 18.2 Å². The van der Waals surface area contributed by atoms with Crippen LogP contribution >= 0.6 is 0 Å². The van der Waals surface area contributed by atoms with Crippen molar-refractivity contribution in [1.29, 1.82) is 5.26 Å². The Labute approximate surface area is 104 Å². The Morgan fingerprint density at radius 3 is 2.94 bits per heavy atom. The van der Waals surface area contributed by atoms with Crippen LogP contribution in [0.3, 0.4) is 0 Å². The van der Waals surface area contributed by atoms with Gasteiger partial charge < -0.3 is 10.0 Å². The van der Waals surface area contributed by atoms with Crippen molar-refractivity contribution in [2.75, 3.05) is 24.6 Å². The van der Waals surface area contributed by atoms with Crippen molar-refractivity contribution in [1.82, 2.24) is 0 Å². The molecule has 6 nitrogen and oxygen atoms in total. The molecular formula is C12H13N3O3. The second-order valence-corrected chi connectivity index (χ2v) is 4.35. The minimum Gasteiger partial charge on any atom is -0.396 e. The van der Waals surface area contributed by atoms with Gasteiger partial charge in [-0.05, 0) is 18.6 Å². The first kappa shape index (κ1) is 12.3. The van der Waals surface area contributed by atoms with E-state index < -0.39 is 4.92 Å². The largest absolute Gasteiger partial charge is 0.396 e. The fourth-order valence-electron chi connectivity index (χ4n) is 2.19. The zero-order valence-corrected chi connectivity index (χ0v) is 9.74. The van der Waals surface area contributed by atoms with Gasteiger partial charge in [0.25, 0.3) is 5.69 Å². The second kappa shape index (κ2) is 5.02. The summed E-state index contributed by atoms with van der Waals surface area (Å²) in [6.07, 6.45) is 0.898. The fraction of sp³-hybridized carbons (Fsp3) is 0.417. The molecule has 0 saturated carbocycles. The van der Waals surface area contributed by atoms with Crippen LogP contribution in [-0.2, 0) is 0 Å². The molecule has 1 N–H and O–H groups in total. The number of nitriles is 1. The Hall–Kier alpha value is -2.13. The summed E-state index contributed by atoms with van der Waals surface area (Å²) in [5, 5.41) is 28.7. The van der Waals surface area contributed by atoms with Gasteiger partial charge in [0.05, 0.1) is 4.92 Å². The summed E-state index contributed by atoms with van der Waals surface area (Å²) in [5.41, 5.74) is 0.706. The molecule has 0 radical (unpaired) electrons. The average molecular weight is 247 g/mol. The summed E-state index contributed by atoms with van der Waals surface area (Å²) in [6.45, 7) is 1.67. The third kappa shape index (κ3) is 2.26. The number of nitrogens with zero attached hydrogens (tertiary/aromatic N) is 3. The summed E-state index contributed by atoms with van der Waals surface area (Å²) in [5.74, 6) is 0.241. The van der Waals surface area contributed by atoms with Crippen LogP contribution in [0.4, 0.5) is 11.4 Å². The van der Waals surface area contributed by atoms with Crippen LogP contribution in [0.25, 0.3) is 0 Å². The molecule has 1 saturated heterocycles. The summed E-state index contributed by atoms with van der Waals surface area (Å²) in [7, 11) is 0. The number of hydrogen-bond donors (Lipinski definition) is 1. The van der Waals surface area contributed by atoms with E-state index in [4.69, 9.17) is 10.4 Å². The lowest BCUT2D eigenvalue weighted by Gasteiger charge is -2.18. The molecule has 1 fully saturated rings. The maximum absolute atomic E-state index is 10.7. The highest BCUT2D eigenvalue weighted by atomic mass is 16.6. The first-order valence-corrected chi connectivity index (χ1v) is 5.70. The number of rotatable bonds is 3. The van der Waals surface area contributed by atoms with Gasteiger partial charge >= 0.3 is 0 Å². The van der Waals surface area contributed by atoms with Gasteiger partial charge in [-0.25, -0.2) is 0 Å². The number of anilines is 1. The van der Waals surface area contributed by atoms with E-state index in [0.717, 1.165) is 25.2 Å². The summed E-state index contributed by atoms with van der Waals surface area (Å²) in [4.78, 5) is 12.2. The van der Waals surface area contributed by atoms with Crippen LogP contribution in [0.2, 0.25) is 0 Å². The first-order valence-electron chi connectivity index (χ1n) is 5.70. The molecule has 0 bridgehead atoms. The second-order valence-electron chi connectivity index (χ2n) is 4.35. The monoisotopic (exact) mass is 247 g/mol. The number of aliphatic hydroxyl groups is 1. The molecule has 0 amide bonds. The molecule has 6 heteroatoms. The molecule has 0 aromatic heterocycles. The van der Waals surface area contributed by atoms with Gasteiger partial charge in [0.15, 0.2) is 0 Å². The van der Waals surface area contributed by atoms with Crippen molar-refractivity contribution in [3.05, 3.63) is 33.9 Å². The normalized spacial score (nSPS) is 18.7. The predicted molar refractivity (Wildman–Crippen MR) is 65.2 cm³/mol. The summed E-state index contributed by atoms with van der Waals surface area (Å²) in [6, 6.07) is 6.40. The molecule has 1 atom stereocenters. The topological polar surface area (TPSA) is 90.4 Å². The zero-order chi connectivity index (χ0) is 13.1. The molecule has 0 spiro atoms. The van der Waals surface area contributed by atoms with Crippen LogP contribution in [0.1, 0.15) is 12.0 Å². The minimum absolute atomic E-state index is 0.0740. The van der Waals surface area contributed by atoms with Crippen molar-refractivity contribution in [3.63, 3.8) is 0 Å². The van der Waals surface area contributed by atoms with Crippen LogP contribution in [0, 0.1) is 27.4 Å². The number of nitro benzene ring substituents is 1. The molecule has 2 rings (SSSR count). The molecule has 1 heterocycles. The minimum atomic E-state index is -0.553. The van der Waals surface area contributed by atoms with E-state index in [2.05, 4.69) is 0 Å². The van der Waals surface area contributed by atoms with E-state index in [1.807, 2.05) is 11.0 Å². The fourth-order valence-corrected chi connectivity index (χ4v) is 2.19. The maximum Gasteiger partial charge on any atom is 0.287 e. The highest BCUT2D eigenvalue weighted by Gasteiger charge is 2.23. The van der Waals surface area contributed by atoms with E-state index in [0.29, 0.717) is 0 Å². The van der Waals surface area contributed by atoms with Crippen molar-refractivity contribution >= 4 is 11.4 Å². The third-order valence-corrected chi connectivity index (χ3v) is 3.21. The van der Waals surface area contributed by atoms with E-state index in [-0.39, 0.29) is 23.8 Å². The smallest absolute Gasteiger partial charge is 0.287 e. The van der Waals surface area contributed by atoms with Gasteiger partial charge in [-0.3, -0.25) is 10.1 Å². The average Bonchev–Trinajstić information content (AvgIpc) is 2.86. The van der Waals surface area contributed by atoms with Gasteiger partial charge in [0.2, 0.25) is 0 Å². The molecule has 1 aliphatic heterocycles. The first-order chi connectivity index (χ1) is 8.65. The molecule has 1 unspecified atom stereocenters. The number of benzene rings is 1. The van der Waals surface area contributed by atoms with Gasteiger partial charge in [0, 0.05) is 37.4 Å². The molecule has 94 valence electrons. The highest BCUT2D eigenvalue weighted by molar-refractivity contribution is 5.60. The lowest BCUT2D eigenvalue weighted by atomic mass is 10.1. The molecular weight excluding hydrogens is 234 g/mol. The van der Waals surface area contributed by atoms with Gasteiger partial charge in [-0.1, -0.05) is 0 Å². The molecule has 1 aromatic carbocycles. The number of hydrogen-bond acceptors (Lipinski definition) is 5. The standard InChI is InChI=1S/C12H13N3O3/c13-6-10-5-11(1-2-12(10)15(17)18)14-4-3-9(7-14)8-16/h1-2,5,9,16H,3-4,7-8H2. The van der Waals surface area contributed by atoms with Gasteiger partial charge in [-0.2, -0.15) is 5.26 Å². The Bertz CT molecular complexity index is 510. The van der Waals surface area contributed by atoms with E-state index in [1.54, 1.807) is 6.07 Å². The van der Waals surface area contributed by atoms with Gasteiger partial charge in [-0.15, -0.1) is 0 Å². The van der Waals surface area contributed by atoms with E-state index in [9.17, 15) is 10.1 Å². The lowest BCUT2D eigenvalue weighted by Crippen LogP contribution is -2.20. The number of nitro groups is 1.